The van der Waals surface area contributed by atoms with Gasteiger partial charge in [-0.05, 0) is 41.2 Å². The molecular formula is C28H23F3O4. The van der Waals surface area contributed by atoms with Crippen molar-refractivity contribution in [3.63, 3.8) is 0 Å². The fraction of sp³-hybridized carbons (Fsp3) is 0.214. The highest BCUT2D eigenvalue weighted by Crippen LogP contribution is 2.53. The minimum atomic E-state index is -4.80. The van der Waals surface area contributed by atoms with E-state index in [0.717, 1.165) is 6.07 Å². The molecule has 0 radical (unpaired) electrons. The number of halogens is 3. The summed E-state index contributed by atoms with van der Waals surface area (Å²) in [6.45, 7) is 0. The highest BCUT2D eigenvalue weighted by atomic mass is 19.4. The van der Waals surface area contributed by atoms with Crippen molar-refractivity contribution in [1.82, 2.24) is 0 Å². The van der Waals surface area contributed by atoms with E-state index in [9.17, 15) is 33.0 Å². The van der Waals surface area contributed by atoms with Gasteiger partial charge in [-0.15, -0.1) is 0 Å². The largest absolute Gasteiger partial charge is 0.481 e. The molecule has 0 spiro atoms. The molecule has 1 aliphatic rings. The van der Waals surface area contributed by atoms with Crippen LogP contribution in [0.25, 0.3) is 6.08 Å². The Morgan fingerprint density at radius 3 is 1.66 bits per heavy atom. The fourth-order valence-corrected chi connectivity index (χ4v) is 5.18. The van der Waals surface area contributed by atoms with Crippen molar-refractivity contribution in [2.45, 2.75) is 24.4 Å². The molecule has 0 amide bonds. The molecule has 1 aliphatic carbocycles. The van der Waals surface area contributed by atoms with Crippen LogP contribution in [0, 0.1) is 11.8 Å². The van der Waals surface area contributed by atoms with Gasteiger partial charge in [0.25, 0.3) is 0 Å². The zero-order chi connectivity index (χ0) is 25.2. The Morgan fingerprint density at radius 1 is 0.743 bits per heavy atom. The average molecular weight is 480 g/mol. The summed E-state index contributed by atoms with van der Waals surface area (Å²) in [5, 5.41) is 20.7. The maximum absolute atomic E-state index is 14.2. The SMILES string of the molecule is O=C(O)C(Cc1ccccc1)C1(C(Cc2ccccc2)C(=O)O)C=Cc2cccc(C(F)(F)F)c21. The summed E-state index contributed by atoms with van der Waals surface area (Å²) in [6.07, 6.45) is -2.27. The molecule has 2 atom stereocenters. The molecule has 4 nitrogen and oxygen atoms in total. The molecule has 0 aromatic heterocycles. The number of rotatable bonds is 8. The van der Waals surface area contributed by atoms with E-state index in [-0.39, 0.29) is 24.0 Å². The fourth-order valence-electron chi connectivity index (χ4n) is 5.18. The Kier molecular flexibility index (Phi) is 6.52. The number of alkyl halides is 3. The average Bonchev–Trinajstić information content (AvgIpc) is 3.21. The van der Waals surface area contributed by atoms with Crippen LogP contribution in [0.4, 0.5) is 13.2 Å². The van der Waals surface area contributed by atoms with Gasteiger partial charge in [0.05, 0.1) is 17.4 Å². The highest BCUT2D eigenvalue weighted by molar-refractivity contribution is 5.84. The van der Waals surface area contributed by atoms with Crippen LogP contribution in [0.3, 0.4) is 0 Å². The lowest BCUT2D eigenvalue weighted by Gasteiger charge is -2.41. The van der Waals surface area contributed by atoms with E-state index in [1.165, 1.54) is 24.3 Å². The topological polar surface area (TPSA) is 74.6 Å². The summed E-state index contributed by atoms with van der Waals surface area (Å²) in [5.74, 6) is -5.64. The standard InChI is InChI=1S/C28H23F3O4/c29-28(30,31)21-13-7-12-20-14-15-27(24(20)21,22(25(32)33)16-18-8-3-1-4-9-18)23(26(34)35)17-19-10-5-2-6-11-19/h1-15,22-23H,16-17H2,(H,32,33)(H,34,35). The zero-order valence-corrected chi connectivity index (χ0v) is 18.6. The summed E-state index contributed by atoms with van der Waals surface area (Å²) in [5.41, 5.74) is -1.88. The second kappa shape index (κ2) is 9.41. The number of fused-ring (bicyclic) bond motifs is 1. The normalized spacial score (nSPS) is 18.6. The van der Waals surface area contributed by atoms with Crippen molar-refractivity contribution in [2.24, 2.45) is 11.8 Å². The van der Waals surface area contributed by atoms with Crippen LogP contribution in [-0.4, -0.2) is 22.2 Å². The van der Waals surface area contributed by atoms with Gasteiger partial charge in [0, 0.05) is 5.41 Å². The Morgan fingerprint density at radius 2 is 1.23 bits per heavy atom. The summed E-state index contributed by atoms with van der Waals surface area (Å²) >= 11 is 0. The first-order chi connectivity index (χ1) is 16.6. The Balaban J connectivity index is 2.00. The van der Waals surface area contributed by atoms with Crippen molar-refractivity contribution >= 4 is 18.0 Å². The van der Waals surface area contributed by atoms with Crippen LogP contribution in [0.15, 0.2) is 84.9 Å². The molecule has 35 heavy (non-hydrogen) atoms. The third kappa shape index (κ3) is 4.58. The molecule has 0 heterocycles. The molecule has 3 aromatic carbocycles. The third-order valence-electron chi connectivity index (χ3n) is 6.69. The van der Waals surface area contributed by atoms with Gasteiger partial charge < -0.3 is 10.2 Å². The molecule has 4 rings (SSSR count). The number of benzene rings is 3. The molecule has 0 saturated heterocycles. The molecule has 7 heteroatoms. The van der Waals surface area contributed by atoms with E-state index in [0.29, 0.717) is 11.1 Å². The van der Waals surface area contributed by atoms with E-state index in [1.807, 2.05) is 0 Å². The van der Waals surface area contributed by atoms with Gasteiger partial charge in [0.1, 0.15) is 0 Å². The van der Waals surface area contributed by atoms with E-state index in [4.69, 9.17) is 0 Å². The van der Waals surface area contributed by atoms with Crippen molar-refractivity contribution in [3.05, 3.63) is 113 Å². The van der Waals surface area contributed by atoms with Crippen molar-refractivity contribution in [3.8, 4) is 0 Å². The number of hydrogen-bond acceptors (Lipinski definition) is 2. The smallest absolute Gasteiger partial charge is 0.416 e. The maximum Gasteiger partial charge on any atom is 0.416 e. The monoisotopic (exact) mass is 480 g/mol. The van der Waals surface area contributed by atoms with Gasteiger partial charge in [-0.3, -0.25) is 9.59 Å². The number of aliphatic carboxylic acids is 2. The number of hydrogen-bond donors (Lipinski definition) is 2. The van der Waals surface area contributed by atoms with Gasteiger partial charge in [-0.1, -0.05) is 84.9 Å². The molecule has 0 aliphatic heterocycles. The highest BCUT2D eigenvalue weighted by Gasteiger charge is 2.56. The van der Waals surface area contributed by atoms with E-state index < -0.39 is 40.9 Å². The third-order valence-corrected chi connectivity index (χ3v) is 6.69. The number of allylic oxidation sites excluding steroid dienone is 1. The Hall–Kier alpha value is -3.87. The van der Waals surface area contributed by atoms with Crippen LogP contribution in [-0.2, 0) is 34.0 Å². The van der Waals surface area contributed by atoms with Gasteiger partial charge in [0.2, 0.25) is 0 Å². The molecule has 2 N–H and O–H groups in total. The molecule has 2 unspecified atom stereocenters. The molecule has 3 aromatic rings. The lowest BCUT2D eigenvalue weighted by atomic mass is 9.59. The predicted octanol–water partition coefficient (Wildman–Crippen LogP) is 5.86. The van der Waals surface area contributed by atoms with Crippen molar-refractivity contribution in [1.29, 1.82) is 0 Å². The number of carboxylic acids is 2. The van der Waals surface area contributed by atoms with E-state index >= 15 is 0 Å². The van der Waals surface area contributed by atoms with Gasteiger partial charge in [-0.25, -0.2) is 0 Å². The van der Waals surface area contributed by atoms with E-state index in [1.54, 1.807) is 60.7 Å². The minimum absolute atomic E-state index is 0.134. The first-order valence-corrected chi connectivity index (χ1v) is 11.1. The van der Waals surface area contributed by atoms with Crippen LogP contribution >= 0.6 is 0 Å². The van der Waals surface area contributed by atoms with Gasteiger partial charge in [-0.2, -0.15) is 13.2 Å². The second-order valence-electron chi connectivity index (χ2n) is 8.69. The molecular weight excluding hydrogens is 457 g/mol. The van der Waals surface area contributed by atoms with Crippen LogP contribution in [0.1, 0.15) is 27.8 Å². The molecule has 0 saturated carbocycles. The molecule has 180 valence electrons. The zero-order valence-electron chi connectivity index (χ0n) is 18.6. The predicted molar refractivity (Wildman–Crippen MR) is 125 cm³/mol. The maximum atomic E-state index is 14.2. The van der Waals surface area contributed by atoms with E-state index in [2.05, 4.69) is 0 Å². The summed E-state index contributed by atoms with van der Waals surface area (Å²) in [4.78, 5) is 25.5. The first-order valence-electron chi connectivity index (χ1n) is 11.1. The van der Waals surface area contributed by atoms with Gasteiger partial charge in [0.15, 0.2) is 0 Å². The van der Waals surface area contributed by atoms with Gasteiger partial charge >= 0.3 is 18.1 Å². The molecule has 0 fully saturated rings. The molecule has 0 bridgehead atoms. The van der Waals surface area contributed by atoms with Crippen LogP contribution in [0.5, 0.6) is 0 Å². The first kappa shape index (κ1) is 24.3. The lowest BCUT2D eigenvalue weighted by molar-refractivity contribution is -0.152. The summed E-state index contributed by atoms with van der Waals surface area (Å²) < 4.78 is 42.7. The number of carbonyl (C=O) groups is 2. The second-order valence-corrected chi connectivity index (χ2v) is 8.69. The number of carboxylic acid groups (broad SMARTS) is 2. The summed E-state index contributed by atoms with van der Waals surface area (Å²) in [6, 6.07) is 20.7. The van der Waals surface area contributed by atoms with Crippen LogP contribution < -0.4 is 0 Å². The van der Waals surface area contributed by atoms with Crippen molar-refractivity contribution in [2.75, 3.05) is 0 Å². The Bertz CT molecular complexity index is 1190. The minimum Gasteiger partial charge on any atom is -0.481 e. The quantitative estimate of drug-likeness (QED) is 0.424. The van der Waals surface area contributed by atoms with Crippen LogP contribution in [0.2, 0.25) is 0 Å². The lowest BCUT2D eigenvalue weighted by Crippen LogP contribution is -2.49. The summed E-state index contributed by atoms with van der Waals surface area (Å²) in [7, 11) is 0. The Labute approximate surface area is 200 Å². The van der Waals surface area contributed by atoms with Crippen molar-refractivity contribution < 1.29 is 33.0 Å².